The third-order valence-electron chi connectivity index (χ3n) is 12.1. The summed E-state index contributed by atoms with van der Waals surface area (Å²) in [6.45, 7) is 0. The molecule has 0 unspecified atom stereocenters. The van der Waals surface area contributed by atoms with Crippen molar-refractivity contribution in [3.63, 3.8) is 0 Å². The van der Waals surface area contributed by atoms with Crippen molar-refractivity contribution in [3.8, 4) is 78.5 Å². The highest BCUT2D eigenvalue weighted by Gasteiger charge is 2.18. The first-order valence-electron chi connectivity index (χ1n) is 21.2. The molecule has 3 aromatic heterocycles. The summed E-state index contributed by atoms with van der Waals surface area (Å²) in [6.07, 6.45) is 0. The Morgan fingerprint density at radius 2 is 0.778 bits per heavy atom. The maximum Gasteiger partial charge on any atom is 0.160 e. The lowest BCUT2D eigenvalue weighted by molar-refractivity contribution is 1.18. The molecule has 0 aliphatic carbocycles. The molecular formula is C59H37N3S. The predicted molar refractivity (Wildman–Crippen MR) is 266 cm³/mol. The Bertz CT molecular complexity index is 3530. The molecule has 0 amide bonds. The highest BCUT2D eigenvalue weighted by atomic mass is 32.1. The van der Waals surface area contributed by atoms with Gasteiger partial charge in [-0.2, -0.15) is 0 Å². The fourth-order valence-electron chi connectivity index (χ4n) is 8.83. The number of rotatable bonds is 7. The SMILES string of the molecule is c1ccc(-c2ccc(-c3cc(-c4ccc(-c5cccc(-c6nc7cc8ccccc8cc7c7c6sc6ccccc67)c5)cc4)nc(-c4ccc(-c5ccccc5)cc4)n3)cc2)cc1. The van der Waals surface area contributed by atoms with Crippen molar-refractivity contribution in [2.45, 2.75) is 0 Å². The van der Waals surface area contributed by atoms with E-state index in [0.29, 0.717) is 5.82 Å². The average Bonchev–Trinajstić information content (AvgIpc) is 3.76. The molecule has 9 aromatic carbocycles. The lowest BCUT2D eigenvalue weighted by Crippen LogP contribution is -1.96. The maximum atomic E-state index is 5.41. The van der Waals surface area contributed by atoms with Crippen LogP contribution in [0.1, 0.15) is 0 Å². The molecule has 0 radical (unpaired) electrons. The molecule has 12 aromatic rings. The van der Waals surface area contributed by atoms with E-state index in [2.05, 4.69) is 212 Å². The van der Waals surface area contributed by atoms with Crippen LogP contribution in [0, 0.1) is 0 Å². The lowest BCUT2D eigenvalue weighted by atomic mass is 9.97. The highest BCUT2D eigenvalue weighted by Crippen LogP contribution is 2.44. The van der Waals surface area contributed by atoms with Gasteiger partial charge >= 0.3 is 0 Å². The maximum absolute atomic E-state index is 5.41. The largest absolute Gasteiger partial charge is 0.246 e. The number of hydrogen-bond donors (Lipinski definition) is 0. The van der Waals surface area contributed by atoms with Gasteiger partial charge < -0.3 is 0 Å². The molecule has 0 aliphatic heterocycles. The van der Waals surface area contributed by atoms with E-state index in [4.69, 9.17) is 15.0 Å². The minimum atomic E-state index is 0.689. The van der Waals surface area contributed by atoms with E-state index in [0.717, 1.165) is 61.5 Å². The van der Waals surface area contributed by atoms with E-state index in [1.54, 1.807) is 0 Å². The number of fused-ring (bicyclic) bond motifs is 6. The van der Waals surface area contributed by atoms with Crippen LogP contribution in [0.15, 0.2) is 224 Å². The van der Waals surface area contributed by atoms with E-state index in [-0.39, 0.29) is 0 Å². The van der Waals surface area contributed by atoms with Crippen LogP contribution in [0.25, 0.3) is 120 Å². The second kappa shape index (κ2) is 15.4. The Hall–Kier alpha value is -8.05. The van der Waals surface area contributed by atoms with E-state index in [1.165, 1.54) is 53.0 Å². The highest BCUT2D eigenvalue weighted by molar-refractivity contribution is 7.26. The standard InChI is InChI=1S/C59H37N3S/c1-3-12-38(13-4-1)40-22-28-43(29-23-40)52-37-53(62-59(61-52)45-32-26-41(27-33-45)39-14-5-2-6-15-39)44-30-24-42(25-31-44)46-18-11-19-49(34-46)57-58-56(50-20-9-10-21-55(50)63-58)51-35-47-16-7-8-17-48(47)36-54(51)60-57/h1-37H. The molecular weight excluding hydrogens is 783 g/mol. The molecule has 3 heterocycles. The summed E-state index contributed by atoms with van der Waals surface area (Å²) in [4.78, 5) is 15.8. The topological polar surface area (TPSA) is 38.7 Å². The second-order valence-corrected chi connectivity index (χ2v) is 17.0. The number of thiophene rings is 1. The number of hydrogen-bond acceptors (Lipinski definition) is 4. The van der Waals surface area contributed by atoms with Gasteiger partial charge in [0.1, 0.15) is 0 Å². The van der Waals surface area contributed by atoms with E-state index < -0.39 is 0 Å². The van der Waals surface area contributed by atoms with Crippen LogP contribution in [0.3, 0.4) is 0 Å². The van der Waals surface area contributed by atoms with Gasteiger partial charge in [-0.3, -0.25) is 0 Å². The monoisotopic (exact) mass is 819 g/mol. The van der Waals surface area contributed by atoms with Crippen molar-refractivity contribution in [3.05, 3.63) is 224 Å². The van der Waals surface area contributed by atoms with Gasteiger partial charge in [-0.05, 0) is 74.5 Å². The normalized spacial score (nSPS) is 11.5. The van der Waals surface area contributed by atoms with E-state index in [9.17, 15) is 0 Å². The molecule has 3 nitrogen and oxygen atoms in total. The molecule has 63 heavy (non-hydrogen) atoms. The van der Waals surface area contributed by atoms with Crippen molar-refractivity contribution >= 4 is 53.2 Å². The van der Waals surface area contributed by atoms with Crippen LogP contribution in [0.5, 0.6) is 0 Å². The Kier molecular flexibility index (Phi) is 9.02. The molecule has 0 aliphatic rings. The smallest absolute Gasteiger partial charge is 0.160 e. The molecule has 0 spiro atoms. The van der Waals surface area contributed by atoms with Crippen molar-refractivity contribution in [2.24, 2.45) is 0 Å². The molecule has 0 N–H and O–H groups in total. The van der Waals surface area contributed by atoms with Crippen LogP contribution in [0.2, 0.25) is 0 Å². The van der Waals surface area contributed by atoms with Gasteiger partial charge in [-0.25, -0.2) is 15.0 Å². The number of pyridine rings is 1. The van der Waals surface area contributed by atoms with Gasteiger partial charge in [0.15, 0.2) is 5.82 Å². The summed E-state index contributed by atoms with van der Waals surface area (Å²) in [5.41, 5.74) is 14.9. The first-order valence-corrected chi connectivity index (χ1v) is 22.1. The summed E-state index contributed by atoms with van der Waals surface area (Å²) in [6, 6.07) is 79.7. The molecule has 0 bridgehead atoms. The molecule has 0 saturated carbocycles. The molecule has 0 fully saturated rings. The van der Waals surface area contributed by atoms with Crippen LogP contribution >= 0.6 is 11.3 Å². The Balaban J connectivity index is 0.926. The summed E-state index contributed by atoms with van der Waals surface area (Å²) in [5.74, 6) is 0.689. The van der Waals surface area contributed by atoms with Crippen LogP contribution in [-0.4, -0.2) is 15.0 Å². The van der Waals surface area contributed by atoms with Gasteiger partial charge in [0.2, 0.25) is 0 Å². The van der Waals surface area contributed by atoms with E-state index in [1.807, 2.05) is 23.5 Å². The van der Waals surface area contributed by atoms with Crippen LogP contribution in [-0.2, 0) is 0 Å². The van der Waals surface area contributed by atoms with Gasteiger partial charge in [0.05, 0.1) is 27.3 Å². The summed E-state index contributed by atoms with van der Waals surface area (Å²) >= 11 is 1.83. The number of benzene rings is 9. The van der Waals surface area contributed by atoms with Crippen molar-refractivity contribution in [2.75, 3.05) is 0 Å². The summed E-state index contributed by atoms with van der Waals surface area (Å²) in [7, 11) is 0. The van der Waals surface area contributed by atoms with Gasteiger partial charge in [-0.1, -0.05) is 194 Å². The van der Waals surface area contributed by atoms with E-state index >= 15 is 0 Å². The van der Waals surface area contributed by atoms with Gasteiger partial charge in [-0.15, -0.1) is 11.3 Å². The minimum absolute atomic E-state index is 0.689. The summed E-state index contributed by atoms with van der Waals surface area (Å²) < 4.78 is 2.48. The van der Waals surface area contributed by atoms with Gasteiger partial charge in [0.25, 0.3) is 0 Å². The summed E-state index contributed by atoms with van der Waals surface area (Å²) in [5, 5.41) is 6.17. The lowest BCUT2D eigenvalue weighted by Gasteiger charge is -2.12. The fraction of sp³-hybridized carbons (Fsp3) is 0. The zero-order valence-electron chi connectivity index (χ0n) is 34.1. The van der Waals surface area contributed by atoms with Crippen LogP contribution < -0.4 is 0 Å². The zero-order valence-corrected chi connectivity index (χ0v) is 34.9. The molecule has 4 heteroatoms. The quantitative estimate of drug-likeness (QED) is 0.150. The molecule has 294 valence electrons. The molecule has 12 rings (SSSR count). The Labute approximate surface area is 369 Å². The first kappa shape index (κ1) is 36.8. The van der Waals surface area contributed by atoms with Crippen molar-refractivity contribution in [1.29, 1.82) is 0 Å². The molecule has 0 saturated heterocycles. The average molecular weight is 820 g/mol. The van der Waals surface area contributed by atoms with Crippen molar-refractivity contribution in [1.82, 2.24) is 15.0 Å². The van der Waals surface area contributed by atoms with Crippen LogP contribution in [0.4, 0.5) is 0 Å². The Morgan fingerprint density at radius 1 is 0.302 bits per heavy atom. The minimum Gasteiger partial charge on any atom is -0.246 e. The third kappa shape index (κ3) is 6.84. The number of aromatic nitrogens is 3. The predicted octanol–water partition coefficient (Wildman–Crippen LogP) is 16.2. The number of nitrogens with zero attached hydrogens (tertiary/aromatic N) is 3. The zero-order chi connectivity index (χ0) is 41.7. The second-order valence-electron chi connectivity index (χ2n) is 16.0. The third-order valence-corrected chi connectivity index (χ3v) is 13.3. The fourth-order valence-corrected chi connectivity index (χ4v) is 10.1. The van der Waals surface area contributed by atoms with Crippen molar-refractivity contribution < 1.29 is 0 Å². The Morgan fingerprint density at radius 3 is 1.41 bits per heavy atom. The first-order chi connectivity index (χ1) is 31.2. The van der Waals surface area contributed by atoms with Gasteiger partial charge in [0, 0.05) is 43.1 Å². The molecule has 0 atom stereocenters.